The summed E-state index contributed by atoms with van der Waals surface area (Å²) < 4.78 is 11.6. The number of carbonyl (C=O) groups is 1. The van der Waals surface area contributed by atoms with Crippen molar-refractivity contribution < 1.29 is 14.3 Å². The molecule has 2 aromatic carbocycles. The number of allylic oxidation sites excluding steroid dienone is 2. The fourth-order valence-corrected chi connectivity index (χ4v) is 4.34. The molecule has 0 heterocycles. The number of rotatable bonds is 7. The number of benzene rings is 2. The van der Waals surface area contributed by atoms with Crippen molar-refractivity contribution in [1.29, 1.82) is 0 Å². The fraction of sp³-hybridized carbons (Fsp3) is 0.360. The largest absolute Gasteiger partial charge is 0.490 e. The first kappa shape index (κ1) is 24.1. The molecule has 3 rings (SSSR count). The van der Waals surface area contributed by atoms with Crippen molar-refractivity contribution in [1.82, 2.24) is 5.32 Å². The summed E-state index contributed by atoms with van der Waals surface area (Å²) in [6.45, 7) is 3.43. The second kappa shape index (κ2) is 11.3. The Morgan fingerprint density at radius 2 is 1.78 bits per heavy atom. The third-order valence-electron chi connectivity index (χ3n) is 5.45. The monoisotopic (exact) mass is 472 g/mol. The van der Waals surface area contributed by atoms with Crippen molar-refractivity contribution >= 4 is 34.8 Å². The van der Waals surface area contributed by atoms with Crippen LogP contribution in [0.3, 0.4) is 0 Å². The average molecular weight is 473 g/mol. The van der Waals surface area contributed by atoms with Gasteiger partial charge < -0.3 is 15.2 Å². The standard InChI is InChI=1S/C25H29ClN2O3S/c1-16(27)23(28-25(29)30-17(2)21-10-6-7-11-22(21)26)24(32)18-12-14-20(15-13-18)31-19-8-4-3-5-9-19/h6-7,10-15,17,19H,3-5,8-9,27H2,1-2H3,(H,28,29)/b23-16+. The Labute approximate surface area is 199 Å². The van der Waals surface area contributed by atoms with E-state index in [0.29, 0.717) is 21.3 Å². The van der Waals surface area contributed by atoms with Crippen molar-refractivity contribution in [3.8, 4) is 5.75 Å². The fourth-order valence-electron chi connectivity index (χ4n) is 3.70. The lowest BCUT2D eigenvalue weighted by molar-refractivity contribution is 0.110. The molecular formula is C25H29ClN2O3S. The van der Waals surface area contributed by atoms with E-state index in [1.165, 1.54) is 19.3 Å². The van der Waals surface area contributed by atoms with Crippen LogP contribution < -0.4 is 15.8 Å². The highest BCUT2D eigenvalue weighted by Gasteiger charge is 2.19. The van der Waals surface area contributed by atoms with Crippen molar-refractivity contribution in [2.45, 2.75) is 58.2 Å². The molecule has 0 saturated heterocycles. The first-order valence-electron chi connectivity index (χ1n) is 10.8. The summed E-state index contributed by atoms with van der Waals surface area (Å²) in [6.07, 6.45) is 4.99. The van der Waals surface area contributed by atoms with Crippen LogP contribution in [0.15, 0.2) is 59.9 Å². The van der Waals surface area contributed by atoms with E-state index < -0.39 is 12.2 Å². The number of ether oxygens (including phenoxy) is 2. The van der Waals surface area contributed by atoms with Crippen LogP contribution in [-0.2, 0) is 4.74 Å². The molecule has 170 valence electrons. The highest BCUT2D eigenvalue weighted by molar-refractivity contribution is 7.81. The molecule has 1 saturated carbocycles. The Bertz CT molecular complexity index is 981. The molecular weight excluding hydrogens is 444 g/mol. The quantitative estimate of drug-likeness (QED) is 0.275. The number of carbonyl (C=O) groups excluding carboxylic acids is 1. The number of hydrogen-bond acceptors (Lipinski definition) is 5. The summed E-state index contributed by atoms with van der Waals surface area (Å²) in [5, 5.41) is 3.23. The third kappa shape index (κ3) is 6.47. The number of nitrogens with two attached hydrogens (primary N) is 1. The zero-order valence-electron chi connectivity index (χ0n) is 18.4. The molecule has 1 fully saturated rings. The molecule has 1 aliphatic carbocycles. The van der Waals surface area contributed by atoms with Gasteiger partial charge in [-0.2, -0.15) is 0 Å². The molecule has 1 atom stereocenters. The van der Waals surface area contributed by atoms with Gasteiger partial charge in [-0.3, -0.25) is 5.32 Å². The molecule has 0 radical (unpaired) electrons. The Morgan fingerprint density at radius 3 is 2.41 bits per heavy atom. The molecule has 32 heavy (non-hydrogen) atoms. The minimum absolute atomic E-state index is 0.278. The van der Waals surface area contributed by atoms with Gasteiger partial charge in [-0.1, -0.05) is 48.4 Å². The number of amides is 1. The molecule has 2 aromatic rings. The van der Waals surface area contributed by atoms with E-state index >= 15 is 0 Å². The van der Waals surface area contributed by atoms with Crippen LogP contribution in [0.5, 0.6) is 5.75 Å². The van der Waals surface area contributed by atoms with E-state index in [9.17, 15) is 4.79 Å². The lowest BCUT2D eigenvalue weighted by Crippen LogP contribution is -2.31. The Hall–Kier alpha value is -2.57. The average Bonchev–Trinajstić information content (AvgIpc) is 2.78. The number of nitrogens with one attached hydrogen (secondary N) is 1. The molecule has 1 aliphatic rings. The van der Waals surface area contributed by atoms with Gasteiger partial charge in [0.1, 0.15) is 11.9 Å². The summed E-state index contributed by atoms with van der Waals surface area (Å²) in [4.78, 5) is 12.9. The van der Waals surface area contributed by atoms with Crippen LogP contribution in [0, 0.1) is 0 Å². The van der Waals surface area contributed by atoms with Gasteiger partial charge in [0.2, 0.25) is 0 Å². The van der Waals surface area contributed by atoms with Gasteiger partial charge in [0, 0.05) is 16.3 Å². The predicted octanol–water partition coefficient (Wildman–Crippen LogP) is 6.45. The maximum Gasteiger partial charge on any atom is 0.412 e. The van der Waals surface area contributed by atoms with Gasteiger partial charge in [0.05, 0.1) is 16.7 Å². The SMILES string of the molecule is C/C(N)=C(\NC(=O)OC(C)c1ccccc1Cl)C(=S)c1ccc(OC2CCCCC2)cc1. The molecule has 3 N–H and O–H groups in total. The maximum atomic E-state index is 12.5. The Kier molecular flexibility index (Phi) is 8.53. The molecule has 0 bridgehead atoms. The first-order chi connectivity index (χ1) is 15.3. The molecule has 7 heteroatoms. The number of hydrogen-bond donors (Lipinski definition) is 2. The van der Waals surface area contributed by atoms with E-state index in [0.717, 1.165) is 29.7 Å². The van der Waals surface area contributed by atoms with Crippen LogP contribution in [0.4, 0.5) is 4.79 Å². The van der Waals surface area contributed by atoms with Gasteiger partial charge in [-0.15, -0.1) is 0 Å². The lowest BCUT2D eigenvalue weighted by atomic mass is 9.98. The molecule has 5 nitrogen and oxygen atoms in total. The zero-order valence-corrected chi connectivity index (χ0v) is 20.0. The molecule has 1 unspecified atom stereocenters. The topological polar surface area (TPSA) is 73.6 Å². The van der Waals surface area contributed by atoms with Crippen molar-refractivity contribution in [3.05, 3.63) is 76.1 Å². The number of halogens is 1. The minimum atomic E-state index is -0.656. The van der Waals surface area contributed by atoms with E-state index in [4.69, 9.17) is 39.0 Å². The van der Waals surface area contributed by atoms with Gasteiger partial charge >= 0.3 is 6.09 Å². The summed E-state index contributed by atoms with van der Waals surface area (Å²) in [5.41, 5.74) is 8.23. The highest BCUT2D eigenvalue weighted by atomic mass is 35.5. The van der Waals surface area contributed by atoms with E-state index in [1.54, 1.807) is 19.9 Å². The van der Waals surface area contributed by atoms with Gasteiger partial charge in [0.15, 0.2) is 0 Å². The van der Waals surface area contributed by atoms with Crippen molar-refractivity contribution in [2.75, 3.05) is 0 Å². The summed E-state index contributed by atoms with van der Waals surface area (Å²) in [6, 6.07) is 14.8. The van der Waals surface area contributed by atoms with Crippen LogP contribution in [-0.4, -0.2) is 17.1 Å². The van der Waals surface area contributed by atoms with Crippen LogP contribution in [0.1, 0.15) is 63.2 Å². The van der Waals surface area contributed by atoms with E-state index in [1.807, 2.05) is 42.5 Å². The lowest BCUT2D eigenvalue weighted by Gasteiger charge is -2.23. The smallest absolute Gasteiger partial charge is 0.412 e. The second-order valence-electron chi connectivity index (χ2n) is 7.98. The van der Waals surface area contributed by atoms with Crippen molar-refractivity contribution in [2.24, 2.45) is 5.73 Å². The highest BCUT2D eigenvalue weighted by Crippen LogP contribution is 2.26. The van der Waals surface area contributed by atoms with Crippen LogP contribution in [0.25, 0.3) is 0 Å². The zero-order chi connectivity index (χ0) is 23.1. The Morgan fingerprint density at radius 1 is 1.12 bits per heavy atom. The van der Waals surface area contributed by atoms with Crippen LogP contribution >= 0.6 is 23.8 Å². The molecule has 0 aliphatic heterocycles. The second-order valence-corrected chi connectivity index (χ2v) is 8.80. The molecule has 0 aromatic heterocycles. The normalized spacial score (nSPS) is 16.0. The minimum Gasteiger partial charge on any atom is -0.490 e. The third-order valence-corrected chi connectivity index (χ3v) is 6.23. The number of alkyl carbamates (subject to hydrolysis) is 1. The van der Waals surface area contributed by atoms with Gasteiger partial charge in [-0.05, 0) is 75.4 Å². The molecule has 0 spiro atoms. The van der Waals surface area contributed by atoms with Gasteiger partial charge in [0.25, 0.3) is 0 Å². The van der Waals surface area contributed by atoms with E-state index in [-0.39, 0.29) is 6.10 Å². The van der Waals surface area contributed by atoms with Gasteiger partial charge in [-0.25, -0.2) is 4.79 Å². The van der Waals surface area contributed by atoms with E-state index in [2.05, 4.69) is 5.32 Å². The molecule has 1 amide bonds. The van der Waals surface area contributed by atoms with Crippen LogP contribution in [0.2, 0.25) is 5.02 Å². The summed E-state index contributed by atoms with van der Waals surface area (Å²) >= 11 is 11.8. The first-order valence-corrected chi connectivity index (χ1v) is 11.6. The summed E-state index contributed by atoms with van der Waals surface area (Å²) in [7, 11) is 0. The van der Waals surface area contributed by atoms with Crippen molar-refractivity contribution in [3.63, 3.8) is 0 Å². The maximum absolute atomic E-state index is 12.5. The number of thiocarbonyl (C=S) groups is 1. The summed E-state index contributed by atoms with van der Waals surface area (Å²) in [5.74, 6) is 0.819. The Balaban J connectivity index is 1.63. The predicted molar refractivity (Wildman–Crippen MR) is 132 cm³/mol.